The molecule has 1 amide bonds. The Morgan fingerprint density at radius 3 is 3.00 bits per heavy atom. The Kier molecular flexibility index (Phi) is 3.10. The van der Waals surface area contributed by atoms with Gasteiger partial charge in [0.1, 0.15) is 0 Å². The van der Waals surface area contributed by atoms with E-state index in [4.69, 9.17) is 5.11 Å². The maximum Gasteiger partial charge on any atom is 0.419 e. The summed E-state index contributed by atoms with van der Waals surface area (Å²) in [6, 6.07) is 8.40. The lowest BCUT2D eigenvalue weighted by Crippen LogP contribution is -2.47. The Hall–Kier alpha value is -1.55. The lowest BCUT2D eigenvalue weighted by atomic mass is 9.92. The van der Waals surface area contributed by atoms with Gasteiger partial charge in [0.25, 0.3) is 0 Å². The van der Waals surface area contributed by atoms with Crippen LogP contribution in [0.2, 0.25) is 0 Å². The van der Waals surface area contributed by atoms with E-state index in [1.54, 1.807) is 0 Å². The van der Waals surface area contributed by atoms with Crippen LogP contribution in [-0.4, -0.2) is 22.8 Å². The molecule has 0 aromatic heterocycles. The predicted molar refractivity (Wildman–Crippen MR) is 61.0 cm³/mol. The molecule has 1 aliphatic rings. The monoisotopic (exact) mass is 220 g/mol. The maximum atomic E-state index is 10.7. The number of hydrogen-bond donors (Lipinski definition) is 2. The van der Waals surface area contributed by atoms with E-state index in [0.717, 1.165) is 19.4 Å². The highest BCUT2D eigenvalue weighted by atomic mass is 16.4. The fourth-order valence-corrected chi connectivity index (χ4v) is 2.35. The van der Waals surface area contributed by atoms with Gasteiger partial charge in [-0.1, -0.05) is 31.2 Å². The molecule has 2 N–H and O–H groups in total. The Balaban J connectivity index is 2.26. The molecule has 1 aliphatic heterocycles. The molecule has 16 heavy (non-hydrogen) atoms. The Morgan fingerprint density at radius 2 is 2.31 bits per heavy atom. The van der Waals surface area contributed by atoms with Gasteiger partial charge in [0.2, 0.25) is 0 Å². The third-order valence-corrected chi connectivity index (χ3v) is 3.04. The average molecular weight is 220 g/mol. The zero-order valence-corrected chi connectivity index (χ0v) is 9.31. The average Bonchev–Trinajstić information content (AvgIpc) is 2.28. The van der Waals surface area contributed by atoms with Gasteiger partial charge in [0, 0.05) is 6.54 Å². The van der Waals surface area contributed by atoms with Gasteiger partial charge < -0.3 is 5.11 Å². The smallest absolute Gasteiger partial charge is 0.419 e. The SMILES string of the molecule is CCC1c2ccccc2CCN1NC(=O)O. The van der Waals surface area contributed by atoms with Gasteiger partial charge in [-0.25, -0.2) is 9.80 Å². The van der Waals surface area contributed by atoms with Crippen molar-refractivity contribution in [3.05, 3.63) is 35.4 Å². The fraction of sp³-hybridized carbons (Fsp3) is 0.417. The predicted octanol–water partition coefficient (Wildman–Crippen LogP) is 2.18. The molecular weight excluding hydrogens is 204 g/mol. The zero-order chi connectivity index (χ0) is 11.5. The Bertz CT molecular complexity index is 392. The minimum absolute atomic E-state index is 0.154. The van der Waals surface area contributed by atoms with Crippen molar-refractivity contribution in [1.29, 1.82) is 0 Å². The number of carbonyl (C=O) groups is 1. The quantitative estimate of drug-likeness (QED) is 0.803. The van der Waals surface area contributed by atoms with Crippen molar-refractivity contribution >= 4 is 6.09 Å². The molecule has 0 saturated heterocycles. The van der Waals surface area contributed by atoms with Crippen molar-refractivity contribution in [2.45, 2.75) is 25.8 Å². The highest BCUT2D eigenvalue weighted by Crippen LogP contribution is 2.30. The number of nitrogens with one attached hydrogen (secondary N) is 1. The molecule has 0 saturated carbocycles. The lowest BCUT2D eigenvalue weighted by molar-refractivity contribution is 0.0964. The van der Waals surface area contributed by atoms with Crippen molar-refractivity contribution in [2.75, 3.05) is 6.54 Å². The zero-order valence-electron chi connectivity index (χ0n) is 9.31. The standard InChI is InChI=1S/C12H16N2O2/c1-2-11-10-6-4-3-5-9(10)7-8-14(11)13-12(15)16/h3-6,11,13H,2,7-8H2,1H3,(H,15,16). The molecule has 0 radical (unpaired) electrons. The Labute approximate surface area is 94.9 Å². The van der Waals surface area contributed by atoms with Crippen LogP contribution in [0.4, 0.5) is 4.79 Å². The van der Waals surface area contributed by atoms with Crippen molar-refractivity contribution in [3.63, 3.8) is 0 Å². The van der Waals surface area contributed by atoms with E-state index < -0.39 is 6.09 Å². The van der Waals surface area contributed by atoms with Gasteiger partial charge in [-0.15, -0.1) is 0 Å². The molecule has 0 fully saturated rings. The summed E-state index contributed by atoms with van der Waals surface area (Å²) in [5.74, 6) is 0. The number of rotatable bonds is 2. The number of amides is 1. The Morgan fingerprint density at radius 1 is 1.56 bits per heavy atom. The minimum atomic E-state index is -0.988. The number of benzene rings is 1. The number of carboxylic acid groups (broad SMARTS) is 1. The van der Waals surface area contributed by atoms with Crippen LogP contribution in [0.3, 0.4) is 0 Å². The molecule has 2 rings (SSSR count). The van der Waals surface area contributed by atoms with E-state index in [0.29, 0.717) is 0 Å². The molecule has 1 atom stereocenters. The first kappa shape index (κ1) is 11.0. The van der Waals surface area contributed by atoms with Gasteiger partial charge in [-0.05, 0) is 24.0 Å². The highest BCUT2D eigenvalue weighted by molar-refractivity contribution is 5.63. The number of hydrogen-bond acceptors (Lipinski definition) is 2. The van der Waals surface area contributed by atoms with Gasteiger partial charge in [0.15, 0.2) is 0 Å². The lowest BCUT2D eigenvalue weighted by Gasteiger charge is -2.35. The first-order chi connectivity index (χ1) is 7.72. The normalized spacial score (nSPS) is 20.2. The van der Waals surface area contributed by atoms with E-state index in [9.17, 15) is 4.79 Å². The first-order valence-electron chi connectivity index (χ1n) is 5.56. The van der Waals surface area contributed by atoms with Crippen LogP contribution < -0.4 is 5.43 Å². The van der Waals surface area contributed by atoms with Crippen LogP contribution in [0, 0.1) is 0 Å². The van der Waals surface area contributed by atoms with E-state index in [2.05, 4.69) is 24.5 Å². The summed E-state index contributed by atoms with van der Waals surface area (Å²) in [4.78, 5) is 10.7. The fourth-order valence-electron chi connectivity index (χ4n) is 2.35. The molecule has 4 nitrogen and oxygen atoms in total. The third kappa shape index (κ3) is 2.02. The largest absolute Gasteiger partial charge is 0.464 e. The van der Waals surface area contributed by atoms with Crippen molar-refractivity contribution in [3.8, 4) is 0 Å². The van der Waals surface area contributed by atoms with Crippen LogP contribution >= 0.6 is 0 Å². The van der Waals surface area contributed by atoms with Crippen molar-refractivity contribution < 1.29 is 9.90 Å². The molecule has 0 bridgehead atoms. The van der Waals surface area contributed by atoms with E-state index >= 15 is 0 Å². The van der Waals surface area contributed by atoms with Crippen LogP contribution in [0.15, 0.2) is 24.3 Å². The molecule has 0 spiro atoms. The van der Waals surface area contributed by atoms with Gasteiger partial charge in [-0.2, -0.15) is 0 Å². The number of hydrazine groups is 1. The molecule has 1 aromatic rings. The van der Waals surface area contributed by atoms with E-state index in [1.807, 2.05) is 17.1 Å². The van der Waals surface area contributed by atoms with Crippen LogP contribution in [0.5, 0.6) is 0 Å². The summed E-state index contributed by atoms with van der Waals surface area (Å²) in [7, 11) is 0. The maximum absolute atomic E-state index is 10.7. The summed E-state index contributed by atoms with van der Waals surface area (Å²) in [5, 5.41) is 10.6. The number of nitrogens with zero attached hydrogens (tertiary/aromatic N) is 1. The van der Waals surface area contributed by atoms with E-state index in [-0.39, 0.29) is 6.04 Å². The van der Waals surface area contributed by atoms with Gasteiger partial charge in [0.05, 0.1) is 6.04 Å². The third-order valence-electron chi connectivity index (χ3n) is 3.04. The topological polar surface area (TPSA) is 52.6 Å². The summed E-state index contributed by atoms with van der Waals surface area (Å²) >= 11 is 0. The molecule has 4 heteroatoms. The summed E-state index contributed by atoms with van der Waals surface area (Å²) < 4.78 is 0. The van der Waals surface area contributed by atoms with Crippen LogP contribution in [0.25, 0.3) is 0 Å². The molecule has 1 heterocycles. The van der Waals surface area contributed by atoms with Crippen LogP contribution in [0.1, 0.15) is 30.5 Å². The van der Waals surface area contributed by atoms with Crippen molar-refractivity contribution in [1.82, 2.24) is 10.4 Å². The summed E-state index contributed by atoms with van der Waals surface area (Å²) in [5.41, 5.74) is 5.05. The molecule has 1 aromatic carbocycles. The van der Waals surface area contributed by atoms with E-state index in [1.165, 1.54) is 11.1 Å². The molecule has 0 aliphatic carbocycles. The second-order valence-electron chi connectivity index (χ2n) is 3.98. The van der Waals surface area contributed by atoms with Crippen molar-refractivity contribution in [2.24, 2.45) is 0 Å². The van der Waals surface area contributed by atoms with Gasteiger partial charge >= 0.3 is 6.09 Å². The number of fused-ring (bicyclic) bond motifs is 1. The van der Waals surface area contributed by atoms with Crippen LogP contribution in [-0.2, 0) is 6.42 Å². The second kappa shape index (κ2) is 4.53. The molecule has 86 valence electrons. The molecular formula is C12H16N2O2. The summed E-state index contributed by atoms with van der Waals surface area (Å²) in [6.07, 6.45) is 0.808. The highest BCUT2D eigenvalue weighted by Gasteiger charge is 2.26. The minimum Gasteiger partial charge on any atom is -0.464 e. The molecule has 1 unspecified atom stereocenters. The second-order valence-corrected chi connectivity index (χ2v) is 3.98. The summed E-state index contributed by atoms with van der Waals surface area (Å²) in [6.45, 7) is 2.81. The first-order valence-corrected chi connectivity index (χ1v) is 5.56. The van der Waals surface area contributed by atoms with Gasteiger partial charge in [-0.3, -0.25) is 5.43 Å².